The zero-order chi connectivity index (χ0) is 23.3. The number of hydrogen-bond donors (Lipinski definition) is 3. The first kappa shape index (κ1) is 24.8. The molecule has 0 aliphatic rings. The first-order chi connectivity index (χ1) is 15.3. The molecule has 0 saturated heterocycles. The van der Waals surface area contributed by atoms with Crippen molar-refractivity contribution in [1.29, 1.82) is 0 Å². The van der Waals surface area contributed by atoms with Gasteiger partial charge in [-0.25, -0.2) is 9.07 Å². The van der Waals surface area contributed by atoms with Gasteiger partial charge < -0.3 is 20.1 Å². The second kappa shape index (κ2) is 11.4. The Hall–Kier alpha value is -1.79. The van der Waals surface area contributed by atoms with Crippen molar-refractivity contribution < 1.29 is 24.4 Å². The Morgan fingerprint density at radius 3 is 2.66 bits per heavy atom. The Balaban J connectivity index is 1.77. The van der Waals surface area contributed by atoms with E-state index in [9.17, 15) is 19.7 Å². The van der Waals surface area contributed by atoms with Gasteiger partial charge in [0.15, 0.2) is 0 Å². The van der Waals surface area contributed by atoms with Gasteiger partial charge >= 0.3 is 0 Å². The SMILES string of the molecule is C[C@@H](O)C(CO)OC(Sc1cncc(Cl)c1)[C@@H](O)Cn1cc(-c2ccc(Cl)c(F)c2)nn1. The highest BCUT2D eigenvalue weighted by Gasteiger charge is 2.28. The molecule has 3 aromatic rings. The van der Waals surface area contributed by atoms with Gasteiger partial charge in [0.25, 0.3) is 0 Å². The van der Waals surface area contributed by atoms with Crippen LogP contribution in [0.5, 0.6) is 0 Å². The molecule has 172 valence electrons. The molecule has 4 atom stereocenters. The Kier molecular flexibility index (Phi) is 8.83. The van der Waals surface area contributed by atoms with E-state index in [1.165, 1.54) is 29.9 Å². The second-order valence-corrected chi connectivity index (χ2v) is 8.96. The number of halogens is 3. The molecule has 0 aliphatic carbocycles. The maximum Gasteiger partial charge on any atom is 0.142 e. The highest BCUT2D eigenvalue weighted by Crippen LogP contribution is 2.30. The fourth-order valence-electron chi connectivity index (χ4n) is 2.72. The molecule has 1 aromatic carbocycles. The monoisotopic (exact) mass is 502 g/mol. The van der Waals surface area contributed by atoms with Crippen LogP contribution in [0.4, 0.5) is 4.39 Å². The summed E-state index contributed by atoms with van der Waals surface area (Å²) in [6.07, 6.45) is 1.57. The van der Waals surface area contributed by atoms with Gasteiger partial charge in [-0.3, -0.25) is 4.98 Å². The van der Waals surface area contributed by atoms with Crippen LogP contribution in [0, 0.1) is 5.82 Å². The van der Waals surface area contributed by atoms with Crippen LogP contribution in [0.15, 0.2) is 47.8 Å². The van der Waals surface area contributed by atoms with Gasteiger partial charge in [0, 0.05) is 22.9 Å². The molecule has 12 heteroatoms. The number of ether oxygens (including phenoxy) is 1. The number of thioether (sulfide) groups is 1. The van der Waals surface area contributed by atoms with Crippen LogP contribution in [0.1, 0.15) is 6.92 Å². The van der Waals surface area contributed by atoms with Gasteiger partial charge in [-0.05, 0) is 25.1 Å². The van der Waals surface area contributed by atoms with Gasteiger partial charge in [0.05, 0.1) is 35.5 Å². The van der Waals surface area contributed by atoms with E-state index in [1.807, 2.05) is 0 Å². The Morgan fingerprint density at radius 2 is 2.00 bits per heavy atom. The lowest BCUT2D eigenvalue weighted by Crippen LogP contribution is -2.39. The standard InChI is InChI=1S/C20H21Cl2FN4O4S/c1-11(29)19(10-28)31-20(32-14-5-13(21)6-24-7-14)18(30)9-27-8-17(25-26-27)12-2-3-15(22)16(23)4-12/h2-8,11,18-20,28-30H,9-10H2,1H3/t11-,18+,19?,20?/m1/s1. The Bertz CT molecular complexity index is 1040. The number of pyridine rings is 1. The van der Waals surface area contributed by atoms with Crippen molar-refractivity contribution in [2.24, 2.45) is 0 Å². The lowest BCUT2D eigenvalue weighted by molar-refractivity contribution is -0.0972. The molecule has 2 unspecified atom stereocenters. The fraction of sp³-hybridized carbons (Fsp3) is 0.350. The average Bonchev–Trinajstić information content (AvgIpc) is 3.21. The van der Waals surface area contributed by atoms with Crippen molar-refractivity contribution in [1.82, 2.24) is 20.0 Å². The van der Waals surface area contributed by atoms with E-state index in [2.05, 4.69) is 15.3 Å². The molecular formula is C20H21Cl2FN4O4S. The van der Waals surface area contributed by atoms with Crippen LogP contribution < -0.4 is 0 Å². The van der Waals surface area contributed by atoms with Gasteiger partial charge in [-0.2, -0.15) is 0 Å². The summed E-state index contributed by atoms with van der Waals surface area (Å²) < 4.78 is 20.9. The largest absolute Gasteiger partial charge is 0.394 e. The van der Waals surface area contributed by atoms with Crippen LogP contribution >= 0.6 is 35.0 Å². The molecule has 8 nitrogen and oxygen atoms in total. The number of aliphatic hydroxyl groups is 3. The van der Waals surface area contributed by atoms with Crippen molar-refractivity contribution in [2.45, 2.75) is 42.1 Å². The van der Waals surface area contributed by atoms with Crippen LogP contribution in [0.25, 0.3) is 11.3 Å². The predicted molar refractivity (Wildman–Crippen MR) is 119 cm³/mol. The van der Waals surface area contributed by atoms with E-state index in [1.54, 1.807) is 24.5 Å². The van der Waals surface area contributed by atoms with Gasteiger partial charge in [-0.15, -0.1) is 5.10 Å². The molecule has 2 heterocycles. The number of rotatable bonds is 10. The lowest BCUT2D eigenvalue weighted by atomic mass is 10.2. The first-order valence-corrected chi connectivity index (χ1v) is 11.2. The van der Waals surface area contributed by atoms with E-state index in [0.717, 1.165) is 11.8 Å². The third kappa shape index (κ3) is 6.61. The van der Waals surface area contributed by atoms with Crippen molar-refractivity contribution in [3.63, 3.8) is 0 Å². The minimum absolute atomic E-state index is 0.000587. The van der Waals surface area contributed by atoms with Crippen molar-refractivity contribution in [3.05, 3.63) is 58.7 Å². The van der Waals surface area contributed by atoms with Crippen LogP contribution in [0.3, 0.4) is 0 Å². The highest BCUT2D eigenvalue weighted by molar-refractivity contribution is 7.99. The molecule has 0 fully saturated rings. The summed E-state index contributed by atoms with van der Waals surface area (Å²) in [7, 11) is 0. The number of aliphatic hydroxyl groups excluding tert-OH is 3. The van der Waals surface area contributed by atoms with Crippen molar-refractivity contribution in [3.8, 4) is 11.3 Å². The van der Waals surface area contributed by atoms with Crippen LogP contribution in [-0.2, 0) is 11.3 Å². The molecule has 3 rings (SSSR count). The second-order valence-electron chi connectivity index (χ2n) is 6.94. The summed E-state index contributed by atoms with van der Waals surface area (Å²) in [5.41, 5.74) is -0.0222. The smallest absolute Gasteiger partial charge is 0.142 e. The molecule has 0 radical (unpaired) electrons. The quantitative estimate of drug-likeness (QED) is 0.286. The number of aromatic nitrogens is 4. The van der Waals surface area contributed by atoms with E-state index in [-0.39, 0.29) is 11.6 Å². The maximum absolute atomic E-state index is 13.7. The number of nitrogens with zero attached hydrogens (tertiary/aromatic N) is 4. The van der Waals surface area contributed by atoms with Gasteiger partial charge in [-0.1, -0.05) is 46.2 Å². The third-order valence-electron chi connectivity index (χ3n) is 4.40. The van der Waals surface area contributed by atoms with Crippen molar-refractivity contribution in [2.75, 3.05) is 6.61 Å². The Labute approximate surface area is 198 Å². The molecule has 0 saturated carbocycles. The maximum atomic E-state index is 13.7. The summed E-state index contributed by atoms with van der Waals surface area (Å²) in [6, 6.07) is 5.93. The zero-order valence-corrected chi connectivity index (χ0v) is 19.2. The van der Waals surface area contributed by atoms with Crippen molar-refractivity contribution >= 4 is 35.0 Å². The summed E-state index contributed by atoms with van der Waals surface area (Å²) in [5.74, 6) is -0.577. The number of benzene rings is 1. The zero-order valence-electron chi connectivity index (χ0n) is 16.8. The van der Waals surface area contributed by atoms with E-state index < -0.39 is 36.2 Å². The van der Waals surface area contributed by atoms with Gasteiger partial charge in [0.1, 0.15) is 29.2 Å². The molecule has 2 aromatic heterocycles. The fourth-order valence-corrected chi connectivity index (χ4v) is 4.11. The first-order valence-electron chi connectivity index (χ1n) is 9.52. The minimum Gasteiger partial charge on any atom is -0.394 e. The summed E-state index contributed by atoms with van der Waals surface area (Å²) >= 11 is 12.8. The molecule has 0 bridgehead atoms. The molecule has 3 N–H and O–H groups in total. The molecule has 0 spiro atoms. The molecular weight excluding hydrogens is 482 g/mol. The topological polar surface area (TPSA) is 114 Å². The van der Waals surface area contributed by atoms with Crippen LogP contribution in [0.2, 0.25) is 10.0 Å². The molecule has 0 amide bonds. The van der Waals surface area contributed by atoms with E-state index >= 15 is 0 Å². The molecule has 32 heavy (non-hydrogen) atoms. The highest BCUT2D eigenvalue weighted by atomic mass is 35.5. The number of hydrogen-bond acceptors (Lipinski definition) is 8. The predicted octanol–water partition coefficient (Wildman–Crippen LogP) is 3.02. The van der Waals surface area contributed by atoms with E-state index in [0.29, 0.717) is 21.2 Å². The van der Waals surface area contributed by atoms with Crippen LogP contribution in [-0.4, -0.2) is 65.7 Å². The minimum atomic E-state index is -1.12. The van der Waals surface area contributed by atoms with Gasteiger partial charge in [0.2, 0.25) is 0 Å². The average molecular weight is 503 g/mol. The summed E-state index contributed by atoms with van der Waals surface area (Å²) in [6.45, 7) is 1.02. The third-order valence-corrected chi connectivity index (χ3v) is 6.07. The van der Waals surface area contributed by atoms with E-state index in [4.69, 9.17) is 27.9 Å². The summed E-state index contributed by atoms with van der Waals surface area (Å²) in [4.78, 5) is 4.63. The molecule has 0 aliphatic heterocycles. The lowest BCUT2D eigenvalue weighted by Gasteiger charge is -2.28. The Morgan fingerprint density at radius 1 is 1.22 bits per heavy atom. The summed E-state index contributed by atoms with van der Waals surface area (Å²) in [5, 5.41) is 38.6. The normalized spacial score (nSPS) is 15.3.